The van der Waals surface area contributed by atoms with Crippen molar-refractivity contribution in [2.45, 2.75) is 26.3 Å². The summed E-state index contributed by atoms with van der Waals surface area (Å²) in [7, 11) is 3.95. The lowest BCUT2D eigenvalue weighted by atomic mass is 10.1. The average Bonchev–Trinajstić information content (AvgIpc) is 2.73. The molecule has 0 unspecified atom stereocenters. The van der Waals surface area contributed by atoms with E-state index < -0.39 is 5.91 Å². The van der Waals surface area contributed by atoms with E-state index in [1.165, 1.54) is 4.68 Å². The Kier molecular flexibility index (Phi) is 6.39. The lowest BCUT2D eigenvalue weighted by Crippen LogP contribution is -2.29. The first-order valence-electron chi connectivity index (χ1n) is 9.62. The molecule has 3 rings (SSSR count). The number of hydrogen-bond donors (Lipinski definition) is 1. The minimum absolute atomic E-state index is 0.185. The van der Waals surface area contributed by atoms with E-state index >= 15 is 0 Å². The maximum Gasteiger partial charge on any atom is 0.292 e. The Balaban J connectivity index is 1.84. The van der Waals surface area contributed by atoms with Gasteiger partial charge in [-0.3, -0.25) is 9.59 Å². The Morgan fingerprint density at radius 3 is 2.48 bits per heavy atom. The highest BCUT2D eigenvalue weighted by Crippen LogP contribution is 2.14. The second-order valence-electron chi connectivity index (χ2n) is 6.96. The molecule has 0 spiro atoms. The van der Waals surface area contributed by atoms with Gasteiger partial charge in [0.25, 0.3) is 11.5 Å². The van der Waals surface area contributed by atoms with Crippen LogP contribution >= 0.6 is 0 Å². The minimum Gasteiger partial charge on any atom is -0.378 e. The number of hydrogen-bond acceptors (Lipinski definition) is 5. The van der Waals surface area contributed by atoms with Crippen molar-refractivity contribution >= 4 is 28.6 Å². The number of hydrazone groups is 1. The van der Waals surface area contributed by atoms with Gasteiger partial charge in [0.2, 0.25) is 0 Å². The number of fused-ring (bicyclic) bond motifs is 1. The summed E-state index contributed by atoms with van der Waals surface area (Å²) < 4.78 is 1.37. The van der Waals surface area contributed by atoms with Crippen molar-refractivity contribution in [3.8, 4) is 0 Å². The van der Waals surface area contributed by atoms with E-state index in [0.717, 1.165) is 24.1 Å². The Bertz CT molecular complexity index is 1080. The third-order valence-electron chi connectivity index (χ3n) is 4.60. The van der Waals surface area contributed by atoms with Crippen molar-refractivity contribution in [2.75, 3.05) is 19.0 Å². The van der Waals surface area contributed by atoms with Crippen molar-refractivity contribution in [2.24, 2.45) is 5.10 Å². The van der Waals surface area contributed by atoms with Crippen LogP contribution in [0.5, 0.6) is 0 Å². The highest BCUT2D eigenvalue weighted by atomic mass is 16.2. The molecule has 0 aliphatic heterocycles. The van der Waals surface area contributed by atoms with E-state index in [4.69, 9.17) is 0 Å². The first-order valence-corrected chi connectivity index (χ1v) is 9.62. The number of nitrogens with one attached hydrogen (secondary N) is 1. The van der Waals surface area contributed by atoms with Crippen LogP contribution in [-0.2, 0) is 6.54 Å². The predicted molar refractivity (Wildman–Crippen MR) is 117 cm³/mol. The van der Waals surface area contributed by atoms with Crippen LogP contribution in [0.1, 0.15) is 35.8 Å². The van der Waals surface area contributed by atoms with Gasteiger partial charge in [-0.15, -0.1) is 0 Å². The average molecular weight is 391 g/mol. The summed E-state index contributed by atoms with van der Waals surface area (Å²) in [4.78, 5) is 27.3. The van der Waals surface area contributed by atoms with E-state index in [1.807, 2.05) is 50.2 Å². The largest absolute Gasteiger partial charge is 0.378 e. The molecule has 7 nitrogen and oxygen atoms in total. The molecule has 1 heterocycles. The molecule has 0 atom stereocenters. The molecule has 0 fully saturated rings. The molecule has 0 aliphatic rings. The molecule has 7 heteroatoms. The molecule has 150 valence electrons. The molecule has 3 aromatic rings. The number of anilines is 1. The number of carbonyl (C=O) groups excluding carboxylic acids is 1. The second kappa shape index (κ2) is 9.14. The zero-order valence-electron chi connectivity index (χ0n) is 16.9. The fraction of sp³-hybridized carbons (Fsp3) is 0.273. The van der Waals surface area contributed by atoms with Gasteiger partial charge >= 0.3 is 0 Å². The summed E-state index contributed by atoms with van der Waals surface area (Å²) in [5, 5.41) is 9.36. The zero-order chi connectivity index (χ0) is 20.8. The van der Waals surface area contributed by atoms with Gasteiger partial charge in [0.1, 0.15) is 0 Å². The molecular formula is C22H25N5O2. The number of benzene rings is 2. The van der Waals surface area contributed by atoms with E-state index in [-0.39, 0.29) is 11.3 Å². The summed E-state index contributed by atoms with van der Waals surface area (Å²) in [5.41, 5.74) is 4.47. The van der Waals surface area contributed by atoms with Crippen molar-refractivity contribution < 1.29 is 4.79 Å². The molecule has 0 radical (unpaired) electrons. The van der Waals surface area contributed by atoms with Crippen molar-refractivity contribution in [1.82, 2.24) is 15.2 Å². The third-order valence-corrected chi connectivity index (χ3v) is 4.60. The van der Waals surface area contributed by atoms with Gasteiger partial charge in [0, 0.05) is 31.7 Å². The summed E-state index contributed by atoms with van der Waals surface area (Å²) in [6, 6.07) is 14.8. The molecule has 29 heavy (non-hydrogen) atoms. The number of rotatable bonds is 7. The first-order chi connectivity index (χ1) is 14.0. The monoisotopic (exact) mass is 391 g/mol. The highest BCUT2D eigenvalue weighted by Gasteiger charge is 2.16. The van der Waals surface area contributed by atoms with Gasteiger partial charge in [-0.2, -0.15) is 10.2 Å². The molecule has 0 bridgehead atoms. The molecule has 0 saturated carbocycles. The number of unbranched alkanes of at least 4 members (excludes halogenated alkanes) is 1. The number of amides is 1. The number of nitrogens with zero attached hydrogens (tertiary/aromatic N) is 4. The maximum atomic E-state index is 12.7. The van der Waals surface area contributed by atoms with E-state index in [1.54, 1.807) is 30.5 Å². The lowest BCUT2D eigenvalue weighted by Gasteiger charge is -2.11. The fourth-order valence-corrected chi connectivity index (χ4v) is 2.94. The smallest absolute Gasteiger partial charge is 0.292 e. The number of aromatic nitrogens is 2. The number of aryl methyl sites for hydroxylation is 1. The van der Waals surface area contributed by atoms with Crippen molar-refractivity contribution in [1.29, 1.82) is 0 Å². The molecular weight excluding hydrogens is 366 g/mol. The second-order valence-corrected chi connectivity index (χ2v) is 6.96. The Labute approximate surface area is 169 Å². The minimum atomic E-state index is -0.451. The van der Waals surface area contributed by atoms with Gasteiger partial charge in [0.15, 0.2) is 5.69 Å². The van der Waals surface area contributed by atoms with E-state index in [9.17, 15) is 9.59 Å². The molecule has 0 aliphatic carbocycles. The third kappa shape index (κ3) is 4.68. The Morgan fingerprint density at radius 2 is 1.83 bits per heavy atom. The Hall–Kier alpha value is -3.48. The van der Waals surface area contributed by atoms with Gasteiger partial charge < -0.3 is 4.90 Å². The van der Waals surface area contributed by atoms with E-state index in [2.05, 4.69) is 15.6 Å². The lowest BCUT2D eigenvalue weighted by molar-refractivity contribution is 0.0949. The highest BCUT2D eigenvalue weighted by molar-refractivity contribution is 6.04. The SMILES string of the molecule is CCCCn1nc(C(=O)N/N=C\c2ccc(N(C)C)cc2)c2ccccc2c1=O. The Morgan fingerprint density at radius 1 is 1.14 bits per heavy atom. The normalized spacial score (nSPS) is 11.1. The van der Waals surface area contributed by atoms with Crippen LogP contribution in [0.3, 0.4) is 0 Å². The summed E-state index contributed by atoms with van der Waals surface area (Å²) in [5.74, 6) is -0.451. The first kappa shape index (κ1) is 20.3. The van der Waals surface area contributed by atoms with Crippen LogP contribution in [0, 0.1) is 0 Å². The van der Waals surface area contributed by atoms with Crippen LogP contribution in [0.2, 0.25) is 0 Å². The van der Waals surface area contributed by atoms with Gasteiger partial charge in [-0.25, -0.2) is 10.1 Å². The fourth-order valence-electron chi connectivity index (χ4n) is 2.94. The van der Waals surface area contributed by atoms with Gasteiger partial charge in [0.05, 0.1) is 11.6 Å². The standard InChI is InChI=1S/C22H25N5O2/c1-4-5-14-27-22(29)19-9-7-6-8-18(19)20(25-27)21(28)24-23-15-16-10-12-17(13-11-16)26(2)3/h6-13,15H,4-5,14H2,1-3H3,(H,24,28)/b23-15-. The van der Waals surface area contributed by atoms with Crippen molar-refractivity contribution in [3.63, 3.8) is 0 Å². The molecule has 1 N–H and O–H groups in total. The maximum absolute atomic E-state index is 12.7. The van der Waals surface area contributed by atoms with Gasteiger partial charge in [-0.05, 0) is 30.2 Å². The van der Waals surface area contributed by atoms with Crippen LogP contribution in [-0.4, -0.2) is 36.0 Å². The van der Waals surface area contributed by atoms with E-state index in [0.29, 0.717) is 17.3 Å². The van der Waals surface area contributed by atoms with Crippen LogP contribution in [0.15, 0.2) is 58.4 Å². The summed E-state index contributed by atoms with van der Waals surface area (Å²) in [6.07, 6.45) is 3.32. The molecule has 0 saturated heterocycles. The molecule has 1 amide bonds. The van der Waals surface area contributed by atoms with Crippen LogP contribution in [0.25, 0.3) is 10.8 Å². The summed E-state index contributed by atoms with van der Waals surface area (Å²) >= 11 is 0. The van der Waals surface area contributed by atoms with Crippen LogP contribution < -0.4 is 15.9 Å². The quantitative estimate of drug-likeness (QED) is 0.496. The van der Waals surface area contributed by atoms with Crippen molar-refractivity contribution in [3.05, 3.63) is 70.1 Å². The molecule has 1 aromatic heterocycles. The zero-order valence-corrected chi connectivity index (χ0v) is 16.9. The predicted octanol–water partition coefficient (Wildman–Crippen LogP) is 3.03. The van der Waals surface area contributed by atoms with Gasteiger partial charge in [-0.1, -0.05) is 43.7 Å². The number of carbonyl (C=O) groups is 1. The topological polar surface area (TPSA) is 79.6 Å². The molecule has 2 aromatic carbocycles. The summed E-state index contributed by atoms with van der Waals surface area (Å²) in [6.45, 7) is 2.52. The van der Waals surface area contributed by atoms with Crippen LogP contribution in [0.4, 0.5) is 5.69 Å².